The number of hydrogen-bond acceptors (Lipinski definition) is 18. The number of hydrogen-bond donors (Lipinski definition) is 12. The molecule has 0 spiro atoms. The summed E-state index contributed by atoms with van der Waals surface area (Å²) in [6, 6.07) is 2.35. The molecule has 1 aromatic heterocycles. The number of phenolic OH excluding ortho intramolecular Hbond substituents is 4. The summed E-state index contributed by atoms with van der Waals surface area (Å²) < 4.78 is 27.9. The number of benzene rings is 2. The van der Waals surface area contributed by atoms with Crippen LogP contribution in [0.5, 0.6) is 40.2 Å². The molecule has 5 rings (SSSR count). The number of aliphatic hydroxyl groups excluding tert-OH is 7. The molecule has 0 amide bonds. The lowest BCUT2D eigenvalue weighted by molar-refractivity contribution is -0.279. The second kappa shape index (κ2) is 12.0. The third-order valence-electron chi connectivity index (χ3n) is 7.51. The second-order valence-corrected chi connectivity index (χ2v) is 10.5. The maximum atomic E-state index is 13.3. The second-order valence-electron chi connectivity index (χ2n) is 10.5. The van der Waals surface area contributed by atoms with Crippen LogP contribution in [0.4, 0.5) is 0 Å². The number of aromatic hydroxyl groups is 5. The minimum atomic E-state index is -2.03. The maximum absolute atomic E-state index is 13.3. The molecule has 12 N–H and O–H groups in total. The van der Waals surface area contributed by atoms with Gasteiger partial charge >= 0.3 is 0 Å². The molecule has 0 unspecified atom stereocenters. The molecular formula is C27H30O18. The molecule has 246 valence electrons. The van der Waals surface area contributed by atoms with Crippen molar-refractivity contribution in [2.45, 2.75) is 68.3 Å². The molecule has 2 fully saturated rings. The van der Waals surface area contributed by atoms with Crippen LogP contribution in [0.1, 0.15) is 6.92 Å². The van der Waals surface area contributed by atoms with Gasteiger partial charge in [0.25, 0.3) is 0 Å². The van der Waals surface area contributed by atoms with Crippen LogP contribution in [-0.2, 0) is 9.47 Å². The van der Waals surface area contributed by atoms with E-state index in [-0.39, 0.29) is 5.56 Å². The van der Waals surface area contributed by atoms with Gasteiger partial charge in [0, 0.05) is 11.6 Å². The van der Waals surface area contributed by atoms with Crippen LogP contribution in [0, 0.1) is 0 Å². The molecule has 2 saturated heterocycles. The van der Waals surface area contributed by atoms with Crippen LogP contribution in [0.15, 0.2) is 27.4 Å². The molecule has 0 radical (unpaired) electrons. The van der Waals surface area contributed by atoms with Gasteiger partial charge in [-0.1, -0.05) is 0 Å². The lowest BCUT2D eigenvalue weighted by Gasteiger charge is -2.40. The van der Waals surface area contributed by atoms with Crippen LogP contribution in [0.3, 0.4) is 0 Å². The molecule has 0 aliphatic carbocycles. The first kappa shape index (κ1) is 32.3. The molecule has 18 nitrogen and oxygen atoms in total. The van der Waals surface area contributed by atoms with Crippen LogP contribution in [-0.4, -0.2) is 129 Å². The van der Waals surface area contributed by atoms with Crippen molar-refractivity contribution in [1.29, 1.82) is 0 Å². The van der Waals surface area contributed by atoms with Gasteiger partial charge in [-0.3, -0.25) is 4.79 Å². The molecule has 45 heavy (non-hydrogen) atoms. The van der Waals surface area contributed by atoms with Crippen LogP contribution < -0.4 is 14.9 Å². The fraction of sp³-hybridized carbons (Fsp3) is 0.444. The molecule has 2 aromatic carbocycles. The van der Waals surface area contributed by atoms with Gasteiger partial charge in [0.2, 0.25) is 29.5 Å². The summed E-state index contributed by atoms with van der Waals surface area (Å²) >= 11 is 0. The van der Waals surface area contributed by atoms with E-state index in [2.05, 4.69) is 0 Å². The SMILES string of the molecule is C[C@@H]1O[C@@H](Oc2cc(O)c3c(=O)c(O)c(-c4cc(O)c(O)c(O)c4)oc3c2O[C@@H]2O[C@H](CO)[C@@H](O)[C@H](O)[C@H]2O)[C@H](O)[C@H](O)[C@H]1O. The first-order chi connectivity index (χ1) is 21.2. The minimum Gasteiger partial charge on any atom is -0.507 e. The van der Waals surface area contributed by atoms with Crippen molar-refractivity contribution in [2.24, 2.45) is 0 Å². The normalized spacial score (nSPS) is 32.0. The first-order valence-electron chi connectivity index (χ1n) is 13.3. The molecule has 18 heteroatoms. The topological polar surface area (TPSA) is 310 Å². The molecule has 0 bridgehead atoms. The number of phenols is 4. The van der Waals surface area contributed by atoms with E-state index in [0.29, 0.717) is 0 Å². The van der Waals surface area contributed by atoms with Crippen molar-refractivity contribution < 1.29 is 84.6 Å². The molecule has 10 atom stereocenters. The molecule has 3 heterocycles. The Kier molecular flexibility index (Phi) is 8.61. The zero-order valence-corrected chi connectivity index (χ0v) is 23.0. The Morgan fingerprint density at radius 3 is 1.89 bits per heavy atom. The summed E-state index contributed by atoms with van der Waals surface area (Å²) in [6.45, 7) is 0.488. The smallest absolute Gasteiger partial charge is 0.238 e. The number of rotatable bonds is 6. The van der Waals surface area contributed by atoms with Gasteiger partial charge in [-0.25, -0.2) is 0 Å². The van der Waals surface area contributed by atoms with Gasteiger partial charge in [0.15, 0.2) is 34.3 Å². The largest absolute Gasteiger partial charge is 0.507 e. The fourth-order valence-electron chi connectivity index (χ4n) is 4.94. The van der Waals surface area contributed by atoms with E-state index in [4.69, 9.17) is 23.4 Å². The zero-order valence-electron chi connectivity index (χ0n) is 23.0. The van der Waals surface area contributed by atoms with Crippen molar-refractivity contribution in [3.63, 3.8) is 0 Å². The van der Waals surface area contributed by atoms with E-state index in [1.54, 1.807) is 0 Å². The highest BCUT2D eigenvalue weighted by atomic mass is 16.7. The average molecular weight is 643 g/mol. The lowest BCUT2D eigenvalue weighted by Crippen LogP contribution is -2.60. The van der Waals surface area contributed by atoms with Crippen molar-refractivity contribution >= 4 is 11.0 Å². The van der Waals surface area contributed by atoms with E-state index in [9.17, 15) is 66.1 Å². The Labute approximate surface area is 250 Å². The van der Waals surface area contributed by atoms with Gasteiger partial charge in [-0.05, 0) is 19.1 Å². The molecule has 0 saturated carbocycles. The molecule has 2 aliphatic rings. The third kappa shape index (κ3) is 5.52. The van der Waals surface area contributed by atoms with E-state index in [0.717, 1.165) is 18.2 Å². The third-order valence-corrected chi connectivity index (χ3v) is 7.51. The Balaban J connectivity index is 1.73. The van der Waals surface area contributed by atoms with Crippen molar-refractivity contribution in [1.82, 2.24) is 0 Å². The summed E-state index contributed by atoms with van der Waals surface area (Å²) in [5.74, 6) is -6.89. The quantitative estimate of drug-likeness (QED) is 0.122. The highest BCUT2D eigenvalue weighted by Crippen LogP contribution is 2.47. The predicted octanol–water partition coefficient (Wildman–Crippen LogP) is -2.63. The number of fused-ring (bicyclic) bond motifs is 1. The van der Waals surface area contributed by atoms with E-state index in [1.807, 2.05) is 0 Å². The van der Waals surface area contributed by atoms with Gasteiger partial charge in [0.05, 0.1) is 12.7 Å². The summed E-state index contributed by atoms with van der Waals surface area (Å²) in [4.78, 5) is 13.3. The molecular weight excluding hydrogens is 612 g/mol. The summed E-state index contributed by atoms with van der Waals surface area (Å²) in [6.07, 6.45) is -17.3. The zero-order chi connectivity index (χ0) is 33.1. The van der Waals surface area contributed by atoms with Crippen LogP contribution in [0.25, 0.3) is 22.3 Å². The molecule has 3 aromatic rings. The standard InChI is InChI=1S/C27H30O18/c1-6-14(32)18(36)21(39)26(41-6)42-11-4-8(29)13-17(35)20(38)23(7-2-9(30)15(33)10(31)3-7)44-25(13)24(11)45-27-22(40)19(37)16(34)12(5-28)43-27/h2-4,6,12,14,16,18-19,21-22,26-34,36-40H,5H2,1H3/t6-,12+,14-,16+,18+,19-,21+,22+,26-,27-/m0/s1. The molecule has 2 aliphatic heterocycles. The summed E-state index contributed by atoms with van der Waals surface area (Å²) in [5.41, 5.74) is -2.44. The van der Waals surface area contributed by atoms with E-state index >= 15 is 0 Å². The van der Waals surface area contributed by atoms with Gasteiger partial charge in [-0.2, -0.15) is 0 Å². The Morgan fingerprint density at radius 1 is 0.711 bits per heavy atom. The van der Waals surface area contributed by atoms with E-state index in [1.165, 1.54) is 6.92 Å². The van der Waals surface area contributed by atoms with Gasteiger partial charge in [0.1, 0.15) is 53.9 Å². The summed E-state index contributed by atoms with van der Waals surface area (Å²) in [7, 11) is 0. The Hall–Kier alpha value is -4.11. The van der Waals surface area contributed by atoms with Crippen molar-refractivity contribution in [2.75, 3.05) is 6.61 Å². The van der Waals surface area contributed by atoms with Crippen LogP contribution in [0.2, 0.25) is 0 Å². The van der Waals surface area contributed by atoms with Crippen molar-refractivity contribution in [3.8, 4) is 51.6 Å². The fourth-order valence-corrected chi connectivity index (χ4v) is 4.94. The van der Waals surface area contributed by atoms with Gasteiger partial charge < -0.3 is 84.6 Å². The average Bonchev–Trinajstić information content (AvgIpc) is 3.00. The highest BCUT2D eigenvalue weighted by Gasteiger charge is 2.47. The highest BCUT2D eigenvalue weighted by molar-refractivity contribution is 5.93. The van der Waals surface area contributed by atoms with Crippen molar-refractivity contribution in [3.05, 3.63) is 28.4 Å². The van der Waals surface area contributed by atoms with Gasteiger partial charge in [-0.15, -0.1) is 0 Å². The Morgan fingerprint density at radius 2 is 1.29 bits per heavy atom. The van der Waals surface area contributed by atoms with Crippen LogP contribution >= 0.6 is 0 Å². The number of aliphatic hydroxyl groups is 7. The first-order valence-corrected chi connectivity index (χ1v) is 13.3. The predicted molar refractivity (Wildman–Crippen MR) is 144 cm³/mol. The minimum absolute atomic E-state index is 0.374. The number of ether oxygens (including phenoxy) is 4. The van der Waals surface area contributed by atoms with E-state index < -0.39 is 130 Å². The maximum Gasteiger partial charge on any atom is 0.238 e. The monoisotopic (exact) mass is 642 g/mol. The lowest BCUT2D eigenvalue weighted by atomic mass is 9.99. The summed E-state index contributed by atoms with van der Waals surface area (Å²) in [5, 5.41) is 122. The Bertz CT molecular complexity index is 1610.